The molecule has 0 saturated heterocycles. The van der Waals surface area contributed by atoms with Crippen molar-refractivity contribution < 1.29 is 5.11 Å². The van der Waals surface area contributed by atoms with Crippen molar-refractivity contribution in [2.24, 2.45) is 5.92 Å². The van der Waals surface area contributed by atoms with Crippen LogP contribution >= 0.6 is 0 Å². The van der Waals surface area contributed by atoms with Crippen LogP contribution in [-0.2, 0) is 0 Å². The van der Waals surface area contributed by atoms with Gasteiger partial charge in [-0.2, -0.15) is 0 Å². The lowest BCUT2D eigenvalue weighted by Crippen LogP contribution is -2.36. The predicted octanol–water partition coefficient (Wildman–Crippen LogP) is 2.66. The van der Waals surface area contributed by atoms with Crippen molar-refractivity contribution in [2.75, 3.05) is 19.6 Å². The zero-order chi connectivity index (χ0) is 11.1. The summed E-state index contributed by atoms with van der Waals surface area (Å²) in [7, 11) is 0. The standard InChI is InChI=1S/C13H27NO/c1-3-5-10-14(4-2)11-13(15)12-8-6-7-9-12/h12-13,15H,3-11H2,1-2H3. The van der Waals surface area contributed by atoms with Crippen molar-refractivity contribution >= 4 is 0 Å². The molecule has 0 heterocycles. The molecule has 0 spiro atoms. The van der Waals surface area contributed by atoms with Crippen LogP contribution in [0.25, 0.3) is 0 Å². The first-order valence-corrected chi connectivity index (χ1v) is 6.68. The number of aliphatic hydroxyl groups excluding tert-OH is 1. The van der Waals surface area contributed by atoms with Gasteiger partial charge in [0, 0.05) is 6.54 Å². The Morgan fingerprint density at radius 3 is 2.47 bits per heavy atom. The van der Waals surface area contributed by atoms with Gasteiger partial charge in [-0.05, 0) is 38.3 Å². The van der Waals surface area contributed by atoms with Crippen LogP contribution in [-0.4, -0.2) is 35.7 Å². The summed E-state index contributed by atoms with van der Waals surface area (Å²) in [6, 6.07) is 0. The van der Waals surface area contributed by atoms with E-state index in [0.717, 1.165) is 19.6 Å². The van der Waals surface area contributed by atoms with E-state index in [9.17, 15) is 5.11 Å². The van der Waals surface area contributed by atoms with E-state index in [4.69, 9.17) is 0 Å². The van der Waals surface area contributed by atoms with Gasteiger partial charge < -0.3 is 10.0 Å². The third-order valence-electron chi connectivity index (χ3n) is 3.66. The van der Waals surface area contributed by atoms with Crippen LogP contribution in [0, 0.1) is 5.92 Å². The number of unbranched alkanes of at least 4 members (excludes halogenated alkanes) is 1. The van der Waals surface area contributed by atoms with Gasteiger partial charge in [-0.15, -0.1) is 0 Å². The minimum Gasteiger partial charge on any atom is -0.392 e. The minimum atomic E-state index is -0.0793. The molecule has 0 bridgehead atoms. The Balaban J connectivity index is 2.23. The molecule has 0 aromatic heterocycles. The molecule has 1 N–H and O–H groups in total. The van der Waals surface area contributed by atoms with Crippen molar-refractivity contribution in [1.29, 1.82) is 0 Å². The highest BCUT2D eigenvalue weighted by molar-refractivity contribution is 4.77. The molecule has 90 valence electrons. The van der Waals surface area contributed by atoms with Gasteiger partial charge in [0.15, 0.2) is 0 Å². The second-order valence-electron chi connectivity index (χ2n) is 4.86. The summed E-state index contributed by atoms with van der Waals surface area (Å²) in [6.07, 6.45) is 7.55. The maximum atomic E-state index is 10.1. The predicted molar refractivity (Wildman–Crippen MR) is 65.0 cm³/mol. The lowest BCUT2D eigenvalue weighted by Gasteiger charge is -2.26. The fourth-order valence-electron chi connectivity index (χ4n) is 2.52. The average molecular weight is 213 g/mol. The van der Waals surface area contributed by atoms with Crippen LogP contribution < -0.4 is 0 Å². The van der Waals surface area contributed by atoms with Crippen molar-refractivity contribution in [3.05, 3.63) is 0 Å². The van der Waals surface area contributed by atoms with E-state index in [1.165, 1.54) is 38.5 Å². The van der Waals surface area contributed by atoms with Crippen LogP contribution in [0.1, 0.15) is 52.4 Å². The fourth-order valence-corrected chi connectivity index (χ4v) is 2.52. The van der Waals surface area contributed by atoms with Crippen molar-refractivity contribution in [2.45, 2.75) is 58.5 Å². The molecule has 0 amide bonds. The number of hydrogen-bond acceptors (Lipinski definition) is 2. The lowest BCUT2D eigenvalue weighted by atomic mass is 10.0. The summed E-state index contributed by atoms with van der Waals surface area (Å²) in [5.41, 5.74) is 0. The number of hydrogen-bond donors (Lipinski definition) is 1. The van der Waals surface area contributed by atoms with Crippen molar-refractivity contribution in [3.8, 4) is 0 Å². The largest absolute Gasteiger partial charge is 0.392 e. The van der Waals surface area contributed by atoms with Gasteiger partial charge >= 0.3 is 0 Å². The highest BCUT2D eigenvalue weighted by Gasteiger charge is 2.24. The highest BCUT2D eigenvalue weighted by atomic mass is 16.3. The van der Waals surface area contributed by atoms with E-state index in [-0.39, 0.29) is 6.10 Å². The molecular formula is C13H27NO. The van der Waals surface area contributed by atoms with Gasteiger partial charge in [0.1, 0.15) is 0 Å². The molecule has 1 saturated carbocycles. The molecule has 1 aliphatic carbocycles. The normalized spacial score (nSPS) is 20.0. The van der Waals surface area contributed by atoms with Crippen LogP contribution in [0.2, 0.25) is 0 Å². The van der Waals surface area contributed by atoms with E-state index in [1.807, 2.05) is 0 Å². The number of aliphatic hydroxyl groups is 1. The zero-order valence-electron chi connectivity index (χ0n) is 10.4. The quantitative estimate of drug-likeness (QED) is 0.703. The summed E-state index contributed by atoms with van der Waals surface area (Å²) >= 11 is 0. The highest BCUT2D eigenvalue weighted by Crippen LogP contribution is 2.28. The summed E-state index contributed by atoms with van der Waals surface area (Å²) in [6.45, 7) is 7.53. The minimum absolute atomic E-state index is 0.0793. The monoisotopic (exact) mass is 213 g/mol. The Morgan fingerprint density at radius 2 is 1.93 bits per heavy atom. The van der Waals surface area contributed by atoms with E-state index >= 15 is 0 Å². The van der Waals surface area contributed by atoms with Crippen LogP contribution in [0.3, 0.4) is 0 Å². The van der Waals surface area contributed by atoms with Gasteiger partial charge in [-0.25, -0.2) is 0 Å². The number of likely N-dealkylation sites (N-methyl/N-ethyl adjacent to an activating group) is 1. The maximum absolute atomic E-state index is 10.1. The third-order valence-corrected chi connectivity index (χ3v) is 3.66. The second-order valence-corrected chi connectivity index (χ2v) is 4.86. The van der Waals surface area contributed by atoms with Gasteiger partial charge in [0.05, 0.1) is 6.10 Å². The molecule has 1 rings (SSSR count). The van der Waals surface area contributed by atoms with Gasteiger partial charge in [-0.1, -0.05) is 33.1 Å². The molecule has 0 aliphatic heterocycles. The molecule has 1 unspecified atom stereocenters. The fraction of sp³-hybridized carbons (Fsp3) is 1.00. The molecule has 15 heavy (non-hydrogen) atoms. The third kappa shape index (κ3) is 4.52. The van der Waals surface area contributed by atoms with Gasteiger partial charge in [0.2, 0.25) is 0 Å². The molecule has 0 aromatic carbocycles. The van der Waals surface area contributed by atoms with Crippen LogP contribution in [0.4, 0.5) is 0 Å². The molecule has 1 aliphatic rings. The number of nitrogens with zero attached hydrogens (tertiary/aromatic N) is 1. The Morgan fingerprint density at radius 1 is 1.27 bits per heavy atom. The van der Waals surface area contributed by atoms with Gasteiger partial charge in [0.25, 0.3) is 0 Å². The summed E-state index contributed by atoms with van der Waals surface area (Å²) in [5, 5.41) is 10.1. The zero-order valence-corrected chi connectivity index (χ0v) is 10.4. The first kappa shape index (κ1) is 13.0. The Bertz CT molecular complexity index is 155. The van der Waals surface area contributed by atoms with Crippen LogP contribution in [0.5, 0.6) is 0 Å². The van der Waals surface area contributed by atoms with Crippen molar-refractivity contribution in [3.63, 3.8) is 0 Å². The van der Waals surface area contributed by atoms with E-state index < -0.39 is 0 Å². The molecule has 2 heteroatoms. The maximum Gasteiger partial charge on any atom is 0.0695 e. The summed E-state index contributed by atoms with van der Waals surface area (Å²) < 4.78 is 0. The average Bonchev–Trinajstić information content (AvgIpc) is 2.77. The Hall–Kier alpha value is -0.0800. The van der Waals surface area contributed by atoms with E-state index in [0.29, 0.717) is 5.92 Å². The summed E-state index contributed by atoms with van der Waals surface area (Å²) in [4.78, 5) is 2.40. The second kappa shape index (κ2) is 7.24. The lowest BCUT2D eigenvalue weighted by molar-refractivity contribution is 0.0670. The van der Waals surface area contributed by atoms with E-state index in [1.54, 1.807) is 0 Å². The molecular weight excluding hydrogens is 186 g/mol. The van der Waals surface area contributed by atoms with Gasteiger partial charge in [-0.3, -0.25) is 0 Å². The molecule has 1 fully saturated rings. The van der Waals surface area contributed by atoms with E-state index in [2.05, 4.69) is 18.7 Å². The first-order valence-electron chi connectivity index (χ1n) is 6.68. The first-order chi connectivity index (χ1) is 7.27. The van der Waals surface area contributed by atoms with Crippen LogP contribution in [0.15, 0.2) is 0 Å². The molecule has 0 aromatic rings. The SMILES string of the molecule is CCCCN(CC)CC(O)C1CCCC1. The number of rotatable bonds is 7. The Labute approximate surface area is 94.7 Å². The molecule has 1 atom stereocenters. The smallest absolute Gasteiger partial charge is 0.0695 e. The topological polar surface area (TPSA) is 23.5 Å². The summed E-state index contributed by atoms with van der Waals surface area (Å²) in [5.74, 6) is 0.584. The van der Waals surface area contributed by atoms with Crippen molar-refractivity contribution in [1.82, 2.24) is 4.90 Å². The molecule has 2 nitrogen and oxygen atoms in total. The molecule has 0 radical (unpaired) electrons. The Kier molecular flexibility index (Phi) is 6.26.